The van der Waals surface area contributed by atoms with Gasteiger partial charge >= 0.3 is 0 Å². The molecule has 44 heavy (non-hydrogen) atoms. The van der Waals surface area contributed by atoms with E-state index in [1.807, 2.05) is 0 Å². The maximum Gasteiger partial charge on any atom is 0.251 e. The van der Waals surface area contributed by atoms with Gasteiger partial charge < -0.3 is 45.9 Å². The van der Waals surface area contributed by atoms with Gasteiger partial charge in [0.1, 0.15) is 5.82 Å². The monoisotopic (exact) mass is 614 g/mol. The maximum atomic E-state index is 12.3. The van der Waals surface area contributed by atoms with E-state index in [4.69, 9.17) is 30.2 Å². The Labute approximate surface area is 259 Å². The summed E-state index contributed by atoms with van der Waals surface area (Å²) in [5.41, 5.74) is 14.4. The molecule has 0 spiro atoms. The minimum absolute atomic E-state index is 0.134. The van der Waals surface area contributed by atoms with Crippen molar-refractivity contribution < 1.29 is 28.5 Å². The fourth-order valence-corrected chi connectivity index (χ4v) is 3.16. The van der Waals surface area contributed by atoms with Crippen LogP contribution in [0.5, 0.6) is 0 Å². The van der Waals surface area contributed by atoms with Crippen LogP contribution in [-0.4, -0.2) is 96.8 Å². The van der Waals surface area contributed by atoms with E-state index in [0.29, 0.717) is 102 Å². The van der Waals surface area contributed by atoms with E-state index < -0.39 is 0 Å². The van der Waals surface area contributed by atoms with Gasteiger partial charge in [-0.2, -0.15) is 10.1 Å². The van der Waals surface area contributed by atoms with Gasteiger partial charge in [0.2, 0.25) is 5.91 Å². The van der Waals surface area contributed by atoms with E-state index in [-0.39, 0.29) is 17.8 Å². The molecule has 2 amide bonds. The number of carbonyl (C=O) groups is 2. The van der Waals surface area contributed by atoms with Crippen LogP contribution in [0.15, 0.2) is 83.2 Å². The lowest BCUT2D eigenvalue weighted by Gasteiger charge is -2.10. The van der Waals surface area contributed by atoms with Gasteiger partial charge in [0, 0.05) is 36.5 Å². The lowest BCUT2D eigenvalue weighted by molar-refractivity contribution is -0.117. The Hall–Kier alpha value is -4.37. The van der Waals surface area contributed by atoms with Crippen molar-refractivity contribution in [3.05, 3.63) is 78.7 Å². The lowest BCUT2D eigenvalue weighted by atomic mass is 10.2. The number of benzene rings is 1. The molecule has 0 aliphatic rings. The summed E-state index contributed by atoms with van der Waals surface area (Å²) in [6.07, 6.45) is 6.86. The van der Waals surface area contributed by atoms with Crippen LogP contribution in [0.3, 0.4) is 0 Å². The van der Waals surface area contributed by atoms with Gasteiger partial charge in [-0.25, -0.2) is 5.53 Å². The second kappa shape index (κ2) is 25.2. The van der Waals surface area contributed by atoms with Crippen LogP contribution < -0.4 is 27.0 Å². The number of guanidine groups is 1. The Kier molecular flexibility index (Phi) is 21.5. The molecule has 0 saturated carbocycles. The van der Waals surface area contributed by atoms with Crippen molar-refractivity contribution in [1.82, 2.24) is 16.0 Å². The summed E-state index contributed by atoms with van der Waals surface area (Å²) < 4.78 is 21.6. The van der Waals surface area contributed by atoms with Gasteiger partial charge in [0.15, 0.2) is 5.96 Å². The van der Waals surface area contributed by atoms with Crippen molar-refractivity contribution >= 4 is 23.5 Å². The van der Waals surface area contributed by atoms with Crippen molar-refractivity contribution in [3.8, 4) is 0 Å². The number of carbonyl (C=O) groups excluding carboxylic acids is 2. The highest BCUT2D eigenvalue weighted by Crippen LogP contribution is 2.09. The average Bonchev–Trinajstić information content (AvgIpc) is 3.01. The molecule has 242 valence electrons. The normalized spacial score (nSPS) is 11.7. The summed E-state index contributed by atoms with van der Waals surface area (Å²) in [6, 6.07) is 6.78. The highest BCUT2D eigenvalue weighted by Gasteiger charge is 2.06. The highest BCUT2D eigenvalue weighted by molar-refractivity contribution is 5.96. The minimum Gasteiger partial charge on any atom is -0.377 e. The largest absolute Gasteiger partial charge is 0.377 e. The number of hydrogen-bond donors (Lipinski definition) is 6. The third-order valence-electron chi connectivity index (χ3n) is 5.36. The second-order valence-electron chi connectivity index (χ2n) is 8.89. The topological polar surface area (TPSA) is 194 Å². The molecule has 0 aromatic heterocycles. The van der Waals surface area contributed by atoms with E-state index in [1.54, 1.807) is 55.5 Å². The number of anilines is 1. The first-order valence-electron chi connectivity index (χ1n) is 14.2. The van der Waals surface area contributed by atoms with Gasteiger partial charge in [-0.15, -0.1) is 0 Å². The van der Waals surface area contributed by atoms with E-state index >= 15 is 0 Å². The fourth-order valence-electron chi connectivity index (χ4n) is 3.16. The molecule has 0 aliphatic carbocycles. The molecule has 1 aromatic rings. The van der Waals surface area contributed by atoms with Gasteiger partial charge in [-0.1, -0.05) is 37.5 Å². The molecular weight excluding hydrogens is 568 g/mol. The van der Waals surface area contributed by atoms with Gasteiger partial charge in [-0.3, -0.25) is 9.59 Å². The van der Waals surface area contributed by atoms with Crippen LogP contribution in [0, 0.1) is 5.53 Å². The summed E-state index contributed by atoms with van der Waals surface area (Å²) in [4.78, 5) is 28.3. The molecule has 0 atom stereocenters. The molecule has 1 rings (SSSR count). The lowest BCUT2D eigenvalue weighted by Crippen LogP contribution is -2.28. The number of ether oxygens (including phenoxy) is 4. The molecule has 0 fully saturated rings. The molecule has 14 nitrogen and oxygen atoms in total. The van der Waals surface area contributed by atoms with Crippen LogP contribution in [0.2, 0.25) is 0 Å². The van der Waals surface area contributed by atoms with Gasteiger partial charge in [0.05, 0.1) is 59.4 Å². The predicted molar refractivity (Wildman–Crippen MR) is 171 cm³/mol. The summed E-state index contributed by atoms with van der Waals surface area (Å²) in [5.74, 6) is 0.133. The Bertz CT molecular complexity index is 1110. The SMILES string of the molecule is C=C/C=C\C=C(/C)C(=O)NCCOCCOCCNC(=C)/N=C(\N)Nc1ccc(C(=O)NCCOCCOCCN=N)cc1. The van der Waals surface area contributed by atoms with Gasteiger partial charge in [-0.05, 0) is 31.2 Å². The second-order valence-corrected chi connectivity index (χ2v) is 8.89. The van der Waals surface area contributed by atoms with Crippen LogP contribution in [0.1, 0.15) is 17.3 Å². The van der Waals surface area contributed by atoms with Crippen LogP contribution in [-0.2, 0) is 23.7 Å². The Morgan fingerprint density at radius 1 is 0.864 bits per heavy atom. The molecule has 0 aliphatic heterocycles. The van der Waals surface area contributed by atoms with Crippen LogP contribution in [0.4, 0.5) is 5.69 Å². The van der Waals surface area contributed by atoms with Gasteiger partial charge in [0.25, 0.3) is 5.91 Å². The summed E-state index contributed by atoms with van der Waals surface area (Å²) >= 11 is 0. The number of nitrogens with one attached hydrogen (secondary N) is 5. The quantitative estimate of drug-likeness (QED) is 0.0239. The Morgan fingerprint density at radius 3 is 2.02 bits per heavy atom. The molecule has 7 N–H and O–H groups in total. The summed E-state index contributed by atoms with van der Waals surface area (Å²) in [5, 5.41) is 14.7. The molecule has 0 saturated heterocycles. The number of nitrogens with zero attached hydrogens (tertiary/aromatic N) is 2. The third-order valence-corrected chi connectivity index (χ3v) is 5.36. The van der Waals surface area contributed by atoms with Crippen molar-refractivity contribution in [2.75, 3.05) is 84.4 Å². The zero-order valence-corrected chi connectivity index (χ0v) is 25.4. The van der Waals surface area contributed by atoms with Crippen molar-refractivity contribution in [1.29, 1.82) is 5.53 Å². The number of aliphatic imine (C=N–C) groups is 1. The first-order valence-corrected chi connectivity index (χ1v) is 14.2. The first kappa shape index (κ1) is 37.7. The van der Waals surface area contributed by atoms with Crippen molar-refractivity contribution in [2.45, 2.75) is 6.92 Å². The Balaban J connectivity index is 2.13. The van der Waals surface area contributed by atoms with E-state index in [1.165, 1.54) is 0 Å². The van der Waals surface area contributed by atoms with Crippen molar-refractivity contribution in [2.24, 2.45) is 15.8 Å². The predicted octanol–water partition coefficient (Wildman–Crippen LogP) is 2.11. The first-order chi connectivity index (χ1) is 21.4. The highest BCUT2D eigenvalue weighted by atomic mass is 16.5. The summed E-state index contributed by atoms with van der Waals surface area (Å²) in [6.45, 7) is 13.9. The van der Waals surface area contributed by atoms with Crippen LogP contribution >= 0.6 is 0 Å². The number of allylic oxidation sites excluding steroid dienone is 4. The smallest absolute Gasteiger partial charge is 0.251 e. The zero-order chi connectivity index (χ0) is 32.3. The minimum atomic E-state index is -0.221. The zero-order valence-electron chi connectivity index (χ0n) is 25.4. The number of hydrogen-bond acceptors (Lipinski definition) is 10. The van der Waals surface area contributed by atoms with E-state index in [9.17, 15) is 9.59 Å². The molecule has 0 radical (unpaired) electrons. The third kappa shape index (κ3) is 19.7. The van der Waals surface area contributed by atoms with Crippen LogP contribution in [0.25, 0.3) is 0 Å². The maximum absolute atomic E-state index is 12.3. The Morgan fingerprint density at radius 2 is 1.43 bits per heavy atom. The standard InChI is InChI=1S/C30H46N8O6/c1-4-5-6-7-24(2)28(39)34-13-17-42-21-20-41-16-12-33-25(3)37-30(31)38-27-10-8-26(9-11-27)29(40)35-14-18-43-22-23-44-19-15-36-32/h4-11,32-33H,1,3,12-23H2,2H3,(H,34,39)(H,35,40)(H3,31,37,38)/b6-5-,24-7+,36-32?. The molecule has 14 heteroatoms. The average molecular weight is 615 g/mol. The van der Waals surface area contributed by atoms with Crippen molar-refractivity contribution in [3.63, 3.8) is 0 Å². The molecular formula is C30H46N8O6. The number of amides is 2. The molecule has 0 heterocycles. The molecule has 1 aromatic carbocycles. The number of nitrogens with two attached hydrogens (primary N) is 1. The van der Waals surface area contributed by atoms with E-state index in [2.05, 4.69) is 44.5 Å². The van der Waals surface area contributed by atoms with E-state index in [0.717, 1.165) is 0 Å². The molecule has 0 bridgehead atoms. The number of rotatable bonds is 25. The molecule has 0 unspecified atom stereocenters. The fraction of sp³-hybridized carbons (Fsp3) is 0.433. The summed E-state index contributed by atoms with van der Waals surface area (Å²) in [7, 11) is 0.